The van der Waals surface area contributed by atoms with E-state index in [-0.39, 0.29) is 11.8 Å². The average molecular weight is 331 g/mol. The zero-order valence-corrected chi connectivity index (χ0v) is 14.0. The molecule has 1 saturated carbocycles. The highest BCUT2D eigenvalue weighted by atomic mass is 16.5. The molecule has 130 valence electrons. The van der Waals surface area contributed by atoms with E-state index in [0.717, 1.165) is 76.6 Å². The number of carbonyl (C=O) groups excluding carboxylic acids is 1. The number of nitrogens with zero attached hydrogens (tertiary/aromatic N) is 4. The van der Waals surface area contributed by atoms with Crippen LogP contribution in [0.3, 0.4) is 0 Å². The Morgan fingerprint density at radius 2 is 1.83 bits per heavy atom. The smallest absolute Gasteiger partial charge is 0.223 e. The molecule has 3 aliphatic rings. The van der Waals surface area contributed by atoms with Crippen LogP contribution in [0.5, 0.6) is 0 Å². The predicted octanol–water partition coefficient (Wildman–Crippen LogP) is 0.808. The second-order valence-electron chi connectivity index (χ2n) is 6.88. The zero-order valence-electron chi connectivity index (χ0n) is 14.0. The number of piperidine rings is 1. The van der Waals surface area contributed by atoms with E-state index in [4.69, 9.17) is 4.74 Å². The van der Waals surface area contributed by atoms with E-state index in [1.807, 2.05) is 6.20 Å². The lowest BCUT2D eigenvalue weighted by atomic mass is 9.95. The molecule has 0 bridgehead atoms. The van der Waals surface area contributed by atoms with Crippen LogP contribution in [0.2, 0.25) is 0 Å². The molecule has 2 saturated heterocycles. The summed E-state index contributed by atoms with van der Waals surface area (Å²) >= 11 is 0. The van der Waals surface area contributed by atoms with Crippen LogP contribution >= 0.6 is 0 Å². The van der Waals surface area contributed by atoms with Crippen LogP contribution in [0, 0.1) is 5.92 Å². The SMILES string of the molecule is O=C(NC1CC1)C1CCN(c2cncnc2N2CCOCC2)CC1. The van der Waals surface area contributed by atoms with E-state index in [1.54, 1.807) is 6.33 Å². The van der Waals surface area contributed by atoms with Crippen LogP contribution < -0.4 is 15.1 Å². The van der Waals surface area contributed by atoms with Crippen molar-refractivity contribution in [2.24, 2.45) is 5.92 Å². The maximum atomic E-state index is 12.2. The Hall–Kier alpha value is -1.89. The van der Waals surface area contributed by atoms with E-state index in [1.165, 1.54) is 0 Å². The normalized spacial score (nSPS) is 22.5. The molecule has 1 amide bonds. The number of ether oxygens (including phenoxy) is 1. The van der Waals surface area contributed by atoms with Crippen molar-refractivity contribution in [3.8, 4) is 0 Å². The lowest BCUT2D eigenvalue weighted by Gasteiger charge is -2.36. The molecule has 0 atom stereocenters. The first-order valence-electron chi connectivity index (χ1n) is 8.99. The Bertz CT molecular complexity index is 578. The zero-order chi connectivity index (χ0) is 16.4. The standard InChI is InChI=1S/C17H25N5O2/c23-17(20-14-1-2-14)13-3-5-21(6-4-13)15-11-18-12-19-16(15)22-7-9-24-10-8-22/h11-14H,1-10H2,(H,20,23). The van der Waals surface area contributed by atoms with Gasteiger partial charge in [0, 0.05) is 38.1 Å². The van der Waals surface area contributed by atoms with Crippen molar-refractivity contribution in [1.82, 2.24) is 15.3 Å². The van der Waals surface area contributed by atoms with Gasteiger partial charge in [0.2, 0.25) is 5.91 Å². The first-order chi connectivity index (χ1) is 11.8. The van der Waals surface area contributed by atoms with Crippen molar-refractivity contribution in [2.45, 2.75) is 31.7 Å². The number of aromatic nitrogens is 2. The Balaban J connectivity index is 1.40. The molecule has 0 unspecified atom stereocenters. The van der Waals surface area contributed by atoms with Gasteiger partial charge >= 0.3 is 0 Å². The maximum Gasteiger partial charge on any atom is 0.223 e. The highest BCUT2D eigenvalue weighted by Gasteiger charge is 2.31. The average Bonchev–Trinajstić information content (AvgIpc) is 3.46. The first kappa shape index (κ1) is 15.6. The van der Waals surface area contributed by atoms with Crippen molar-refractivity contribution in [2.75, 3.05) is 49.2 Å². The summed E-state index contributed by atoms with van der Waals surface area (Å²) in [5, 5.41) is 3.14. The number of morpholine rings is 1. The molecule has 3 fully saturated rings. The van der Waals surface area contributed by atoms with E-state index >= 15 is 0 Å². The topological polar surface area (TPSA) is 70.6 Å². The number of nitrogens with one attached hydrogen (secondary N) is 1. The van der Waals surface area contributed by atoms with Crippen molar-refractivity contribution in [3.63, 3.8) is 0 Å². The van der Waals surface area contributed by atoms with Crippen molar-refractivity contribution in [3.05, 3.63) is 12.5 Å². The van der Waals surface area contributed by atoms with Crippen molar-refractivity contribution < 1.29 is 9.53 Å². The Morgan fingerprint density at radius 3 is 2.54 bits per heavy atom. The molecule has 4 rings (SSSR count). The van der Waals surface area contributed by atoms with E-state index in [0.29, 0.717) is 6.04 Å². The van der Waals surface area contributed by atoms with E-state index < -0.39 is 0 Å². The van der Waals surface area contributed by atoms with Gasteiger partial charge < -0.3 is 19.9 Å². The molecule has 1 aromatic heterocycles. The van der Waals surface area contributed by atoms with Gasteiger partial charge in [0.15, 0.2) is 5.82 Å². The minimum Gasteiger partial charge on any atom is -0.378 e. The fourth-order valence-corrected chi connectivity index (χ4v) is 3.49. The number of amides is 1. The summed E-state index contributed by atoms with van der Waals surface area (Å²) in [7, 11) is 0. The Labute approximate surface area is 142 Å². The Kier molecular flexibility index (Phi) is 4.51. The van der Waals surface area contributed by atoms with Gasteiger partial charge in [0.1, 0.15) is 6.33 Å². The second-order valence-corrected chi connectivity index (χ2v) is 6.88. The quantitative estimate of drug-likeness (QED) is 0.880. The molecule has 24 heavy (non-hydrogen) atoms. The lowest BCUT2D eigenvalue weighted by molar-refractivity contribution is -0.125. The highest BCUT2D eigenvalue weighted by molar-refractivity contribution is 5.79. The van der Waals surface area contributed by atoms with E-state index in [2.05, 4.69) is 25.1 Å². The van der Waals surface area contributed by atoms with Crippen molar-refractivity contribution >= 4 is 17.4 Å². The fourth-order valence-electron chi connectivity index (χ4n) is 3.49. The van der Waals surface area contributed by atoms with Gasteiger partial charge in [-0.3, -0.25) is 4.79 Å². The van der Waals surface area contributed by atoms with Gasteiger partial charge in [-0.25, -0.2) is 9.97 Å². The molecular formula is C17H25N5O2. The molecule has 1 aliphatic carbocycles. The van der Waals surface area contributed by atoms with Crippen LogP contribution in [0.15, 0.2) is 12.5 Å². The molecule has 2 aliphatic heterocycles. The molecule has 1 aromatic rings. The third-order valence-electron chi connectivity index (χ3n) is 5.11. The minimum atomic E-state index is 0.151. The van der Waals surface area contributed by atoms with Gasteiger partial charge in [-0.1, -0.05) is 0 Å². The lowest BCUT2D eigenvalue weighted by Crippen LogP contribution is -2.42. The molecule has 7 nitrogen and oxygen atoms in total. The number of hydrogen-bond donors (Lipinski definition) is 1. The molecule has 0 aromatic carbocycles. The summed E-state index contributed by atoms with van der Waals surface area (Å²) in [5.41, 5.74) is 1.08. The molecule has 0 radical (unpaired) electrons. The number of anilines is 2. The fraction of sp³-hybridized carbons (Fsp3) is 0.706. The van der Waals surface area contributed by atoms with Gasteiger partial charge in [0.05, 0.1) is 25.1 Å². The summed E-state index contributed by atoms with van der Waals surface area (Å²) in [6, 6.07) is 0.450. The number of hydrogen-bond acceptors (Lipinski definition) is 6. The number of rotatable bonds is 4. The Morgan fingerprint density at radius 1 is 1.08 bits per heavy atom. The largest absolute Gasteiger partial charge is 0.378 e. The van der Waals surface area contributed by atoms with Crippen LogP contribution in [0.25, 0.3) is 0 Å². The van der Waals surface area contributed by atoms with Gasteiger partial charge in [-0.15, -0.1) is 0 Å². The summed E-state index contributed by atoms with van der Waals surface area (Å²) in [6.07, 6.45) is 7.61. The molecular weight excluding hydrogens is 306 g/mol. The van der Waals surface area contributed by atoms with Gasteiger partial charge in [-0.2, -0.15) is 0 Å². The highest BCUT2D eigenvalue weighted by Crippen LogP contribution is 2.31. The molecule has 0 spiro atoms. The monoisotopic (exact) mass is 331 g/mol. The molecule has 1 N–H and O–H groups in total. The first-order valence-corrected chi connectivity index (χ1v) is 8.99. The summed E-state index contributed by atoms with van der Waals surface area (Å²) in [4.78, 5) is 25.6. The third-order valence-corrected chi connectivity index (χ3v) is 5.11. The minimum absolute atomic E-state index is 0.151. The van der Waals surface area contributed by atoms with Crippen LogP contribution in [-0.4, -0.2) is 61.3 Å². The summed E-state index contributed by atoms with van der Waals surface area (Å²) < 4.78 is 5.44. The van der Waals surface area contributed by atoms with Gasteiger partial charge in [-0.05, 0) is 25.7 Å². The maximum absolute atomic E-state index is 12.2. The molecule has 3 heterocycles. The van der Waals surface area contributed by atoms with Crippen molar-refractivity contribution in [1.29, 1.82) is 0 Å². The number of carbonyl (C=O) groups is 1. The van der Waals surface area contributed by atoms with Crippen LogP contribution in [0.4, 0.5) is 11.5 Å². The molecule has 7 heteroatoms. The summed E-state index contributed by atoms with van der Waals surface area (Å²) in [6.45, 7) is 4.98. The van der Waals surface area contributed by atoms with Gasteiger partial charge in [0.25, 0.3) is 0 Å². The van der Waals surface area contributed by atoms with Crippen LogP contribution in [0.1, 0.15) is 25.7 Å². The van der Waals surface area contributed by atoms with E-state index in [9.17, 15) is 4.79 Å². The summed E-state index contributed by atoms with van der Waals surface area (Å²) in [5.74, 6) is 1.39. The van der Waals surface area contributed by atoms with Crippen LogP contribution in [-0.2, 0) is 9.53 Å². The predicted molar refractivity (Wildman–Crippen MR) is 91.2 cm³/mol. The third kappa shape index (κ3) is 3.45. The second kappa shape index (κ2) is 6.93.